The zero-order valence-corrected chi connectivity index (χ0v) is 10.3. The Kier molecular flexibility index (Phi) is 4.59. The van der Waals surface area contributed by atoms with Gasteiger partial charge in [-0.1, -0.05) is 30.3 Å². The highest BCUT2D eigenvalue weighted by atomic mass is 35.5. The minimum Gasteiger partial charge on any atom is -0.348 e. The zero-order valence-electron chi connectivity index (χ0n) is 9.57. The first-order chi connectivity index (χ1) is 8.38. The van der Waals surface area contributed by atoms with Crippen LogP contribution in [0.15, 0.2) is 42.9 Å². The normalized spacial score (nSPS) is 12.5. The standard InChI is InChI=1S/C13H16ClN3/c14-7-12(6-13-9-15-10-17-13)16-8-11-4-2-1-3-5-11/h1-5,9-10,12,16H,6-8H2,(H,15,17)/t12-/m1/s1. The van der Waals surface area contributed by atoms with E-state index < -0.39 is 0 Å². The van der Waals surface area contributed by atoms with E-state index in [0.29, 0.717) is 5.88 Å². The quantitative estimate of drug-likeness (QED) is 0.772. The molecule has 0 bridgehead atoms. The molecule has 0 aliphatic heterocycles. The van der Waals surface area contributed by atoms with E-state index in [0.717, 1.165) is 18.7 Å². The summed E-state index contributed by atoms with van der Waals surface area (Å²) in [5, 5.41) is 3.44. The lowest BCUT2D eigenvalue weighted by atomic mass is 10.1. The highest BCUT2D eigenvalue weighted by Gasteiger charge is 2.08. The molecular formula is C13H16ClN3. The summed E-state index contributed by atoms with van der Waals surface area (Å²) in [7, 11) is 0. The molecule has 0 aliphatic rings. The minimum absolute atomic E-state index is 0.261. The molecule has 4 heteroatoms. The molecule has 0 amide bonds. The molecule has 2 aromatic rings. The molecule has 0 saturated carbocycles. The summed E-state index contributed by atoms with van der Waals surface area (Å²) in [6, 6.07) is 10.6. The SMILES string of the molecule is ClC[C@@H](Cc1cnc[nH]1)NCc1ccccc1. The van der Waals surface area contributed by atoms with Crippen molar-refractivity contribution < 1.29 is 0 Å². The number of hydrogen-bond acceptors (Lipinski definition) is 2. The van der Waals surface area contributed by atoms with Gasteiger partial charge in [-0.05, 0) is 5.56 Å². The number of rotatable bonds is 6. The Labute approximate surface area is 106 Å². The fourth-order valence-corrected chi connectivity index (χ4v) is 1.92. The molecule has 3 nitrogen and oxygen atoms in total. The maximum absolute atomic E-state index is 5.95. The molecule has 1 atom stereocenters. The van der Waals surface area contributed by atoms with E-state index in [4.69, 9.17) is 11.6 Å². The minimum atomic E-state index is 0.261. The largest absolute Gasteiger partial charge is 0.348 e. The van der Waals surface area contributed by atoms with Crippen molar-refractivity contribution in [2.45, 2.75) is 19.0 Å². The van der Waals surface area contributed by atoms with E-state index in [9.17, 15) is 0 Å². The average molecular weight is 250 g/mol. The predicted octanol–water partition coefficient (Wildman–Crippen LogP) is 2.35. The lowest BCUT2D eigenvalue weighted by Crippen LogP contribution is -2.32. The Hall–Kier alpha value is -1.32. The van der Waals surface area contributed by atoms with Crippen molar-refractivity contribution >= 4 is 11.6 Å². The number of nitrogens with one attached hydrogen (secondary N) is 2. The molecule has 1 aromatic heterocycles. The van der Waals surface area contributed by atoms with Crippen LogP contribution < -0.4 is 5.32 Å². The van der Waals surface area contributed by atoms with Crippen LogP contribution in [0.4, 0.5) is 0 Å². The van der Waals surface area contributed by atoms with Crippen LogP contribution in [0.1, 0.15) is 11.3 Å². The number of hydrogen-bond donors (Lipinski definition) is 2. The molecule has 0 fully saturated rings. The molecule has 0 unspecified atom stereocenters. The third-order valence-electron chi connectivity index (χ3n) is 2.65. The molecule has 1 aromatic carbocycles. The van der Waals surface area contributed by atoms with Crippen LogP contribution in [-0.4, -0.2) is 21.9 Å². The lowest BCUT2D eigenvalue weighted by Gasteiger charge is -2.15. The number of halogens is 1. The number of H-pyrrole nitrogens is 1. The summed E-state index contributed by atoms with van der Waals surface area (Å²) in [4.78, 5) is 7.09. The number of aromatic amines is 1. The number of alkyl halides is 1. The molecule has 2 rings (SSSR count). The fourth-order valence-electron chi connectivity index (χ4n) is 1.70. The van der Waals surface area contributed by atoms with Gasteiger partial charge in [0.25, 0.3) is 0 Å². The Morgan fingerprint density at radius 1 is 1.29 bits per heavy atom. The Morgan fingerprint density at radius 2 is 2.12 bits per heavy atom. The molecule has 1 heterocycles. The van der Waals surface area contributed by atoms with E-state index in [2.05, 4.69) is 27.4 Å². The van der Waals surface area contributed by atoms with E-state index in [1.54, 1.807) is 6.33 Å². The van der Waals surface area contributed by atoms with E-state index in [1.165, 1.54) is 5.56 Å². The van der Waals surface area contributed by atoms with Gasteiger partial charge in [-0.25, -0.2) is 4.98 Å². The maximum atomic E-state index is 5.95. The van der Waals surface area contributed by atoms with Gasteiger partial charge in [-0.3, -0.25) is 0 Å². The summed E-state index contributed by atoms with van der Waals surface area (Å²) in [6.45, 7) is 0.840. The smallest absolute Gasteiger partial charge is 0.0921 e. The van der Waals surface area contributed by atoms with Gasteiger partial charge < -0.3 is 10.3 Å². The topological polar surface area (TPSA) is 40.7 Å². The monoisotopic (exact) mass is 249 g/mol. The molecular weight excluding hydrogens is 234 g/mol. The molecule has 90 valence electrons. The van der Waals surface area contributed by atoms with Crippen molar-refractivity contribution in [3.05, 3.63) is 54.1 Å². The van der Waals surface area contributed by atoms with Gasteiger partial charge in [-0.15, -0.1) is 11.6 Å². The summed E-state index contributed by atoms with van der Waals surface area (Å²) in [5.74, 6) is 0.589. The second-order valence-corrected chi connectivity index (χ2v) is 4.31. The molecule has 17 heavy (non-hydrogen) atoms. The highest BCUT2D eigenvalue weighted by Crippen LogP contribution is 2.03. The van der Waals surface area contributed by atoms with Crippen LogP contribution in [0.3, 0.4) is 0 Å². The van der Waals surface area contributed by atoms with Crippen LogP contribution in [0.25, 0.3) is 0 Å². The van der Waals surface area contributed by atoms with Crippen molar-refractivity contribution in [1.82, 2.24) is 15.3 Å². The average Bonchev–Trinajstić information content (AvgIpc) is 2.88. The number of benzene rings is 1. The van der Waals surface area contributed by atoms with Gasteiger partial charge in [-0.2, -0.15) is 0 Å². The van der Waals surface area contributed by atoms with Gasteiger partial charge in [0.15, 0.2) is 0 Å². The van der Waals surface area contributed by atoms with Gasteiger partial charge >= 0.3 is 0 Å². The van der Waals surface area contributed by atoms with Crippen molar-refractivity contribution in [1.29, 1.82) is 0 Å². The highest BCUT2D eigenvalue weighted by molar-refractivity contribution is 6.18. The van der Waals surface area contributed by atoms with Crippen LogP contribution in [0.5, 0.6) is 0 Å². The number of aromatic nitrogens is 2. The first-order valence-corrected chi connectivity index (χ1v) is 6.22. The van der Waals surface area contributed by atoms with Crippen molar-refractivity contribution in [2.24, 2.45) is 0 Å². The number of imidazole rings is 1. The summed E-state index contributed by atoms with van der Waals surface area (Å²) >= 11 is 5.95. The van der Waals surface area contributed by atoms with Crippen LogP contribution in [0.2, 0.25) is 0 Å². The third-order valence-corrected chi connectivity index (χ3v) is 3.02. The second-order valence-electron chi connectivity index (χ2n) is 4.00. The van der Waals surface area contributed by atoms with Crippen LogP contribution in [-0.2, 0) is 13.0 Å². The van der Waals surface area contributed by atoms with Crippen LogP contribution >= 0.6 is 11.6 Å². The van der Waals surface area contributed by atoms with Crippen molar-refractivity contribution in [3.8, 4) is 0 Å². The zero-order chi connectivity index (χ0) is 11.9. The summed E-state index contributed by atoms with van der Waals surface area (Å²) in [5.41, 5.74) is 2.38. The van der Waals surface area contributed by atoms with Gasteiger partial charge in [0.05, 0.1) is 6.33 Å². The predicted molar refractivity (Wildman–Crippen MR) is 70.1 cm³/mol. The molecule has 2 N–H and O–H groups in total. The van der Waals surface area contributed by atoms with Gasteiger partial charge in [0, 0.05) is 36.8 Å². The Morgan fingerprint density at radius 3 is 2.76 bits per heavy atom. The molecule has 0 aliphatic carbocycles. The molecule has 0 radical (unpaired) electrons. The van der Waals surface area contributed by atoms with Crippen molar-refractivity contribution in [3.63, 3.8) is 0 Å². The number of nitrogens with zero attached hydrogens (tertiary/aromatic N) is 1. The fraction of sp³-hybridized carbons (Fsp3) is 0.308. The molecule has 0 saturated heterocycles. The summed E-state index contributed by atoms with van der Waals surface area (Å²) in [6.07, 6.45) is 4.40. The molecule has 0 spiro atoms. The van der Waals surface area contributed by atoms with E-state index >= 15 is 0 Å². The third kappa shape index (κ3) is 3.88. The summed E-state index contributed by atoms with van der Waals surface area (Å²) < 4.78 is 0. The van der Waals surface area contributed by atoms with Crippen molar-refractivity contribution in [2.75, 3.05) is 5.88 Å². The Bertz CT molecular complexity index is 413. The van der Waals surface area contributed by atoms with Crippen LogP contribution in [0, 0.1) is 0 Å². The van der Waals surface area contributed by atoms with E-state index in [1.807, 2.05) is 24.4 Å². The first-order valence-electron chi connectivity index (χ1n) is 5.69. The van der Waals surface area contributed by atoms with E-state index in [-0.39, 0.29) is 6.04 Å². The maximum Gasteiger partial charge on any atom is 0.0921 e. The Balaban J connectivity index is 1.84. The first kappa shape index (κ1) is 12.1. The lowest BCUT2D eigenvalue weighted by molar-refractivity contribution is 0.546. The van der Waals surface area contributed by atoms with Gasteiger partial charge in [0.2, 0.25) is 0 Å². The van der Waals surface area contributed by atoms with Gasteiger partial charge in [0.1, 0.15) is 0 Å². The second kappa shape index (κ2) is 6.42.